The van der Waals surface area contributed by atoms with Crippen LogP contribution in [0.2, 0.25) is 0 Å². The van der Waals surface area contributed by atoms with Gasteiger partial charge in [-0.05, 0) is 42.0 Å². The summed E-state index contributed by atoms with van der Waals surface area (Å²) in [6.07, 6.45) is 2.16. The minimum atomic E-state index is -0.0349. The Morgan fingerprint density at radius 1 is 1.12 bits per heavy atom. The van der Waals surface area contributed by atoms with Crippen molar-refractivity contribution in [2.45, 2.75) is 24.9 Å². The van der Waals surface area contributed by atoms with Gasteiger partial charge in [0.25, 0.3) is 0 Å². The van der Waals surface area contributed by atoms with Crippen molar-refractivity contribution >= 4 is 11.3 Å². The van der Waals surface area contributed by atoms with E-state index in [2.05, 4.69) is 27.6 Å². The van der Waals surface area contributed by atoms with Crippen molar-refractivity contribution in [3.63, 3.8) is 0 Å². The highest BCUT2D eigenvalue weighted by molar-refractivity contribution is 7.08. The Bertz CT molecular complexity index is 887. The van der Waals surface area contributed by atoms with Gasteiger partial charge in [0.15, 0.2) is 11.5 Å². The van der Waals surface area contributed by atoms with Gasteiger partial charge in [0.2, 0.25) is 11.7 Å². The molecule has 1 fully saturated rings. The van der Waals surface area contributed by atoms with Crippen molar-refractivity contribution in [1.82, 2.24) is 15.5 Å². The van der Waals surface area contributed by atoms with Crippen LogP contribution in [-0.4, -0.2) is 23.4 Å². The van der Waals surface area contributed by atoms with Gasteiger partial charge in [0.05, 0.1) is 6.54 Å². The van der Waals surface area contributed by atoms with Crippen LogP contribution in [0.5, 0.6) is 11.5 Å². The number of hydrogen-bond acceptors (Lipinski definition) is 7. The summed E-state index contributed by atoms with van der Waals surface area (Å²) in [4.78, 5) is 4.47. The van der Waals surface area contributed by atoms with Crippen molar-refractivity contribution in [3.05, 3.63) is 46.5 Å². The smallest absolute Gasteiger partial charge is 0.240 e. The predicted octanol–water partition coefficient (Wildman–Crippen LogP) is 3.35. The summed E-state index contributed by atoms with van der Waals surface area (Å²) in [6.45, 7) is 1.76. The molecule has 1 N–H and O–H groups in total. The van der Waals surface area contributed by atoms with Crippen molar-refractivity contribution in [2.75, 3.05) is 13.2 Å². The van der Waals surface area contributed by atoms with E-state index >= 15 is 0 Å². The zero-order valence-corrected chi connectivity index (χ0v) is 14.3. The van der Waals surface area contributed by atoms with Crippen LogP contribution in [-0.2, 0) is 12.1 Å². The number of benzene rings is 1. The van der Waals surface area contributed by atoms with E-state index in [1.54, 1.807) is 11.3 Å². The Balaban J connectivity index is 1.31. The molecule has 128 valence electrons. The zero-order chi connectivity index (χ0) is 16.7. The van der Waals surface area contributed by atoms with E-state index in [0.717, 1.165) is 29.9 Å². The molecule has 0 atom stereocenters. The van der Waals surface area contributed by atoms with E-state index in [4.69, 9.17) is 14.0 Å². The Kier molecular flexibility index (Phi) is 3.50. The number of hydrogen-bond donors (Lipinski definition) is 1. The molecule has 1 aliphatic carbocycles. The molecule has 2 aliphatic rings. The third-order valence-corrected chi connectivity index (χ3v) is 5.35. The highest BCUT2D eigenvalue weighted by Gasteiger charge is 2.44. The lowest BCUT2D eigenvalue weighted by Gasteiger charge is -2.22. The molecule has 0 bridgehead atoms. The molecule has 0 radical (unpaired) electrons. The van der Waals surface area contributed by atoms with E-state index in [1.807, 2.05) is 22.9 Å². The molecule has 7 heteroatoms. The Labute approximate surface area is 148 Å². The van der Waals surface area contributed by atoms with Gasteiger partial charge < -0.3 is 14.0 Å². The minimum absolute atomic E-state index is 0.0349. The SMILES string of the molecule is c1cc(-c2noc(CNC3(c4ccc5c(c4)OCCO5)CC3)n2)cs1. The van der Waals surface area contributed by atoms with E-state index in [9.17, 15) is 0 Å². The average Bonchev–Trinajstić information content (AvgIpc) is 3.06. The van der Waals surface area contributed by atoms with Crippen LogP contribution in [0.15, 0.2) is 39.5 Å². The fourth-order valence-corrected chi connectivity index (χ4v) is 3.75. The first-order valence-electron chi connectivity index (χ1n) is 8.33. The normalized spacial score (nSPS) is 17.4. The topological polar surface area (TPSA) is 69.4 Å². The van der Waals surface area contributed by atoms with Gasteiger partial charge in [0, 0.05) is 16.5 Å². The summed E-state index contributed by atoms with van der Waals surface area (Å²) in [5.74, 6) is 2.89. The molecular formula is C18H17N3O3S. The third-order valence-electron chi connectivity index (χ3n) is 4.67. The van der Waals surface area contributed by atoms with Gasteiger partial charge in [-0.3, -0.25) is 5.32 Å². The molecule has 0 unspecified atom stereocenters. The maximum absolute atomic E-state index is 5.70. The van der Waals surface area contributed by atoms with Gasteiger partial charge in [-0.15, -0.1) is 0 Å². The van der Waals surface area contributed by atoms with Gasteiger partial charge in [-0.1, -0.05) is 11.2 Å². The van der Waals surface area contributed by atoms with Crippen LogP contribution in [0.3, 0.4) is 0 Å². The monoisotopic (exact) mass is 355 g/mol. The van der Waals surface area contributed by atoms with Crippen molar-refractivity contribution in [1.29, 1.82) is 0 Å². The molecule has 25 heavy (non-hydrogen) atoms. The highest BCUT2D eigenvalue weighted by atomic mass is 32.1. The predicted molar refractivity (Wildman–Crippen MR) is 92.8 cm³/mol. The molecule has 3 heterocycles. The van der Waals surface area contributed by atoms with Crippen LogP contribution in [0.4, 0.5) is 0 Å². The fourth-order valence-electron chi connectivity index (χ4n) is 3.11. The molecule has 0 spiro atoms. The number of thiophene rings is 1. The van der Waals surface area contributed by atoms with Crippen molar-refractivity contribution in [2.24, 2.45) is 0 Å². The zero-order valence-electron chi connectivity index (χ0n) is 13.5. The second-order valence-electron chi connectivity index (χ2n) is 6.32. The van der Waals surface area contributed by atoms with E-state index in [-0.39, 0.29) is 5.54 Å². The van der Waals surface area contributed by atoms with Crippen LogP contribution in [0.25, 0.3) is 11.4 Å². The number of aromatic nitrogens is 2. The van der Waals surface area contributed by atoms with Crippen LogP contribution >= 0.6 is 11.3 Å². The first kappa shape index (κ1) is 14.9. The second-order valence-corrected chi connectivity index (χ2v) is 7.10. The van der Waals surface area contributed by atoms with Gasteiger partial charge in [0.1, 0.15) is 13.2 Å². The van der Waals surface area contributed by atoms with E-state index in [1.165, 1.54) is 5.56 Å². The van der Waals surface area contributed by atoms with Crippen LogP contribution in [0, 0.1) is 0 Å². The number of nitrogens with zero attached hydrogens (tertiary/aromatic N) is 2. The maximum Gasteiger partial charge on any atom is 0.240 e. The number of ether oxygens (including phenoxy) is 2. The van der Waals surface area contributed by atoms with Crippen LogP contribution in [0.1, 0.15) is 24.3 Å². The Morgan fingerprint density at radius 3 is 2.80 bits per heavy atom. The highest BCUT2D eigenvalue weighted by Crippen LogP contribution is 2.48. The summed E-state index contributed by atoms with van der Waals surface area (Å²) < 4.78 is 16.7. The van der Waals surface area contributed by atoms with Crippen molar-refractivity contribution in [3.8, 4) is 22.9 Å². The molecule has 1 saturated carbocycles. The standard InChI is InChI=1S/C18H17N3O3S/c1-2-14-15(23-7-6-22-14)9-13(1)18(4-5-18)19-10-16-20-17(21-24-16)12-3-8-25-11-12/h1-3,8-9,11,19H,4-7,10H2. The number of nitrogens with one attached hydrogen (secondary N) is 1. The summed E-state index contributed by atoms with van der Waals surface area (Å²) in [5, 5.41) is 11.7. The van der Waals surface area contributed by atoms with Crippen LogP contribution < -0.4 is 14.8 Å². The molecular weight excluding hydrogens is 338 g/mol. The van der Waals surface area contributed by atoms with Gasteiger partial charge in [-0.2, -0.15) is 16.3 Å². The molecule has 6 nitrogen and oxygen atoms in total. The first-order valence-corrected chi connectivity index (χ1v) is 9.27. The summed E-state index contributed by atoms with van der Waals surface area (Å²) in [7, 11) is 0. The summed E-state index contributed by atoms with van der Waals surface area (Å²) in [6, 6.07) is 8.18. The number of rotatable bonds is 5. The molecule has 1 aliphatic heterocycles. The Hall–Kier alpha value is -2.38. The lowest BCUT2D eigenvalue weighted by atomic mass is 10.0. The average molecular weight is 355 g/mol. The largest absolute Gasteiger partial charge is 0.486 e. The lowest BCUT2D eigenvalue weighted by molar-refractivity contribution is 0.171. The lowest BCUT2D eigenvalue weighted by Crippen LogP contribution is -2.28. The second kappa shape index (κ2) is 5.86. The van der Waals surface area contributed by atoms with E-state index < -0.39 is 0 Å². The molecule has 0 saturated heterocycles. The fraction of sp³-hybridized carbons (Fsp3) is 0.333. The van der Waals surface area contributed by atoms with Gasteiger partial charge in [-0.25, -0.2) is 0 Å². The maximum atomic E-state index is 5.70. The van der Waals surface area contributed by atoms with E-state index in [0.29, 0.717) is 31.5 Å². The first-order chi connectivity index (χ1) is 12.3. The molecule has 1 aromatic carbocycles. The van der Waals surface area contributed by atoms with Crippen molar-refractivity contribution < 1.29 is 14.0 Å². The quantitative estimate of drug-likeness (QED) is 0.757. The Morgan fingerprint density at radius 2 is 2.00 bits per heavy atom. The molecule has 5 rings (SSSR count). The minimum Gasteiger partial charge on any atom is -0.486 e. The molecule has 0 amide bonds. The molecule has 2 aromatic heterocycles. The molecule has 3 aromatic rings. The third kappa shape index (κ3) is 2.79. The summed E-state index contributed by atoms with van der Waals surface area (Å²) >= 11 is 1.62. The number of fused-ring (bicyclic) bond motifs is 1. The summed E-state index contributed by atoms with van der Waals surface area (Å²) in [5.41, 5.74) is 2.18. The van der Waals surface area contributed by atoms with Gasteiger partial charge >= 0.3 is 0 Å².